The van der Waals surface area contributed by atoms with Gasteiger partial charge in [0, 0.05) is 25.8 Å². The molecule has 3 aromatic rings. The number of methoxy groups -OCH3 is 1. The van der Waals surface area contributed by atoms with Gasteiger partial charge in [-0.25, -0.2) is 4.79 Å². The first-order chi connectivity index (χ1) is 22.1. The number of ether oxygens (including phenoxy) is 2. The van der Waals surface area contributed by atoms with Gasteiger partial charge in [-0.3, -0.25) is 15.0 Å². The maximum absolute atomic E-state index is 12.7. The second kappa shape index (κ2) is 16.5. The lowest BCUT2D eigenvalue weighted by Crippen LogP contribution is -2.42. The minimum Gasteiger partial charge on any atom is -0.444 e. The van der Waals surface area contributed by atoms with Crippen molar-refractivity contribution in [1.29, 1.82) is 0 Å². The molecular weight excluding hydrogens is 606 g/mol. The average molecular weight is 648 g/mol. The van der Waals surface area contributed by atoms with Crippen molar-refractivity contribution in [3.63, 3.8) is 0 Å². The summed E-state index contributed by atoms with van der Waals surface area (Å²) in [5.41, 5.74) is 9.05. The van der Waals surface area contributed by atoms with Gasteiger partial charge in [-0.15, -0.1) is 10.2 Å². The quantitative estimate of drug-likeness (QED) is 0.155. The van der Waals surface area contributed by atoms with Gasteiger partial charge >= 0.3 is 6.09 Å². The molecule has 1 unspecified atom stereocenters. The van der Waals surface area contributed by atoms with Gasteiger partial charge in [0.05, 0.1) is 6.42 Å². The Bertz CT molecular complexity index is 1550. The Labute approximate surface area is 273 Å². The van der Waals surface area contributed by atoms with E-state index in [2.05, 4.69) is 37.0 Å². The van der Waals surface area contributed by atoms with Crippen LogP contribution in [0.25, 0.3) is 0 Å². The van der Waals surface area contributed by atoms with Crippen LogP contribution in [-0.2, 0) is 38.4 Å². The van der Waals surface area contributed by atoms with Crippen LogP contribution >= 0.6 is 11.3 Å². The highest BCUT2D eigenvalue weighted by atomic mass is 32.1. The first kappa shape index (κ1) is 34.1. The van der Waals surface area contributed by atoms with Gasteiger partial charge < -0.3 is 30.8 Å². The van der Waals surface area contributed by atoms with Crippen molar-refractivity contribution >= 4 is 34.4 Å². The first-order valence-corrected chi connectivity index (χ1v) is 15.9. The summed E-state index contributed by atoms with van der Waals surface area (Å²) in [6.45, 7) is 5.73. The standard InChI is InChI=1S/C33H41N7O5S/c1-33(2,3)45-32(43)34-21-23-12-10-11-22(19-23)20-27(41)36-31-40-39-28(46-31)16-9-8-15-25-17-18-26(38-37-25)35-30(42)29(44-4)24-13-6-5-7-14-24/h5-7,10-14,17-19,29,37-38H,8-9,15-16,20-21H2,1-4H3,(H,34,43)(H,35,42)(H,36,40,41). The van der Waals surface area contributed by atoms with Crippen molar-refractivity contribution in [3.05, 3.63) is 100.0 Å². The van der Waals surface area contributed by atoms with E-state index in [0.29, 0.717) is 17.5 Å². The van der Waals surface area contributed by atoms with E-state index in [4.69, 9.17) is 9.47 Å². The molecule has 0 spiro atoms. The number of aromatic nitrogens is 2. The van der Waals surface area contributed by atoms with Gasteiger partial charge in [0.15, 0.2) is 6.10 Å². The number of allylic oxidation sites excluding steroid dienone is 3. The van der Waals surface area contributed by atoms with E-state index < -0.39 is 17.8 Å². The molecule has 1 aliphatic heterocycles. The van der Waals surface area contributed by atoms with Crippen molar-refractivity contribution in [2.45, 2.75) is 71.1 Å². The Kier molecular flexibility index (Phi) is 12.3. The van der Waals surface area contributed by atoms with E-state index >= 15 is 0 Å². The van der Waals surface area contributed by atoms with Crippen LogP contribution < -0.4 is 26.8 Å². The second-order valence-corrected chi connectivity index (χ2v) is 12.7. The predicted molar refractivity (Wildman–Crippen MR) is 176 cm³/mol. The number of aryl methyl sites for hydroxylation is 1. The van der Waals surface area contributed by atoms with Crippen LogP contribution in [-0.4, -0.2) is 40.8 Å². The maximum Gasteiger partial charge on any atom is 0.407 e. The van der Waals surface area contributed by atoms with E-state index in [1.165, 1.54) is 18.4 Å². The highest BCUT2D eigenvalue weighted by molar-refractivity contribution is 7.15. The summed E-state index contributed by atoms with van der Waals surface area (Å²) in [4.78, 5) is 37.2. The Balaban J connectivity index is 1.15. The molecule has 244 valence electrons. The number of rotatable bonds is 14. The highest BCUT2D eigenvalue weighted by Gasteiger charge is 2.21. The molecule has 13 heteroatoms. The highest BCUT2D eigenvalue weighted by Crippen LogP contribution is 2.20. The smallest absolute Gasteiger partial charge is 0.407 e. The minimum atomic E-state index is -0.707. The number of benzene rings is 2. The summed E-state index contributed by atoms with van der Waals surface area (Å²) in [6.07, 6.45) is 6.09. The third-order valence-corrected chi connectivity index (χ3v) is 7.53. The van der Waals surface area contributed by atoms with Gasteiger partial charge in [0.25, 0.3) is 5.91 Å². The van der Waals surface area contributed by atoms with Crippen LogP contribution in [0.2, 0.25) is 0 Å². The molecule has 1 aliphatic rings. The zero-order chi connectivity index (χ0) is 32.9. The molecule has 12 nitrogen and oxygen atoms in total. The lowest BCUT2D eigenvalue weighted by Gasteiger charge is -2.22. The molecule has 1 atom stereocenters. The average Bonchev–Trinajstić information content (AvgIpc) is 3.46. The van der Waals surface area contributed by atoms with Gasteiger partial charge in [0.1, 0.15) is 16.4 Å². The third-order valence-electron chi connectivity index (χ3n) is 6.63. The van der Waals surface area contributed by atoms with Crippen LogP contribution in [0.15, 0.2) is 78.3 Å². The molecule has 5 N–H and O–H groups in total. The molecule has 2 aromatic carbocycles. The summed E-state index contributed by atoms with van der Waals surface area (Å²) in [5.74, 6) is 0.0832. The number of alkyl carbamates (subject to hydrolysis) is 1. The van der Waals surface area contributed by atoms with Crippen LogP contribution in [0.1, 0.15) is 67.8 Å². The molecule has 4 rings (SSSR count). The normalized spacial score (nSPS) is 13.3. The van der Waals surface area contributed by atoms with Crippen molar-refractivity contribution < 1.29 is 23.9 Å². The molecule has 0 saturated heterocycles. The van der Waals surface area contributed by atoms with Gasteiger partial charge in [-0.05, 0) is 68.9 Å². The summed E-state index contributed by atoms with van der Waals surface area (Å²) >= 11 is 1.37. The number of hydrogen-bond acceptors (Lipinski definition) is 10. The molecule has 2 heterocycles. The molecule has 3 amide bonds. The Morgan fingerprint density at radius 2 is 1.67 bits per heavy atom. The van der Waals surface area contributed by atoms with Crippen LogP contribution in [0.4, 0.5) is 9.93 Å². The van der Waals surface area contributed by atoms with E-state index in [-0.39, 0.29) is 18.2 Å². The van der Waals surface area contributed by atoms with Gasteiger partial charge in [-0.2, -0.15) is 0 Å². The summed E-state index contributed by atoms with van der Waals surface area (Å²) in [7, 11) is 1.51. The number of nitrogens with zero attached hydrogens (tertiary/aromatic N) is 2. The van der Waals surface area contributed by atoms with Crippen LogP contribution in [0, 0.1) is 0 Å². The zero-order valence-corrected chi connectivity index (χ0v) is 27.3. The fraction of sp³-hybridized carbons (Fsp3) is 0.364. The van der Waals surface area contributed by atoms with E-state index in [9.17, 15) is 14.4 Å². The van der Waals surface area contributed by atoms with E-state index in [1.54, 1.807) is 0 Å². The predicted octanol–water partition coefficient (Wildman–Crippen LogP) is 4.79. The van der Waals surface area contributed by atoms with Gasteiger partial charge in [-0.1, -0.05) is 65.9 Å². The molecule has 0 aliphatic carbocycles. The minimum absolute atomic E-state index is 0.172. The second-order valence-electron chi connectivity index (χ2n) is 11.6. The number of unbranched alkanes of at least 4 members (excludes halogenated alkanes) is 1. The number of nitrogens with one attached hydrogen (secondary N) is 5. The maximum atomic E-state index is 12.7. The summed E-state index contributed by atoms with van der Waals surface area (Å²) in [5, 5.41) is 18.1. The van der Waals surface area contributed by atoms with Crippen molar-refractivity contribution in [2.24, 2.45) is 0 Å². The molecule has 1 aromatic heterocycles. The Hall–Kier alpha value is -4.75. The number of hydrogen-bond donors (Lipinski definition) is 5. The fourth-order valence-corrected chi connectivity index (χ4v) is 5.34. The third kappa shape index (κ3) is 11.3. The molecular formula is C33H41N7O5S. The van der Waals surface area contributed by atoms with Crippen molar-refractivity contribution in [3.8, 4) is 0 Å². The van der Waals surface area contributed by atoms with Crippen molar-refractivity contribution in [2.75, 3.05) is 12.4 Å². The van der Waals surface area contributed by atoms with Gasteiger partial charge in [0.2, 0.25) is 11.0 Å². The molecule has 0 radical (unpaired) electrons. The van der Waals surface area contributed by atoms with E-state index in [0.717, 1.165) is 53.1 Å². The number of carbonyl (C=O) groups excluding carboxylic acids is 3. The summed E-state index contributed by atoms with van der Waals surface area (Å²) < 4.78 is 10.7. The number of anilines is 1. The Morgan fingerprint density at radius 1 is 0.913 bits per heavy atom. The van der Waals surface area contributed by atoms with Crippen LogP contribution in [0.5, 0.6) is 0 Å². The van der Waals surface area contributed by atoms with E-state index in [1.807, 2.05) is 87.5 Å². The number of hydrazine groups is 1. The topological polar surface area (TPSA) is 156 Å². The lowest BCUT2D eigenvalue weighted by molar-refractivity contribution is -0.130. The fourth-order valence-electron chi connectivity index (χ4n) is 4.54. The molecule has 0 fully saturated rings. The molecule has 0 bridgehead atoms. The molecule has 46 heavy (non-hydrogen) atoms. The largest absolute Gasteiger partial charge is 0.444 e. The SMILES string of the molecule is COC(C(=O)NC1=CC=C(CCCCc2nnc(NC(=O)Cc3cccc(CNC(=O)OC(C)(C)C)c3)s2)NN1)c1ccccc1. The summed E-state index contributed by atoms with van der Waals surface area (Å²) in [6, 6.07) is 16.8. The number of amides is 3. The zero-order valence-electron chi connectivity index (χ0n) is 26.5. The first-order valence-electron chi connectivity index (χ1n) is 15.1. The Morgan fingerprint density at radius 3 is 2.39 bits per heavy atom. The number of carbonyl (C=O) groups is 3. The lowest BCUT2D eigenvalue weighted by atomic mass is 10.1. The molecule has 0 saturated carbocycles. The van der Waals surface area contributed by atoms with Crippen LogP contribution in [0.3, 0.4) is 0 Å². The van der Waals surface area contributed by atoms with Crippen molar-refractivity contribution in [1.82, 2.24) is 31.7 Å². The monoisotopic (exact) mass is 647 g/mol.